The van der Waals surface area contributed by atoms with Gasteiger partial charge in [-0.2, -0.15) is 0 Å². The van der Waals surface area contributed by atoms with Crippen molar-refractivity contribution in [1.29, 1.82) is 0 Å². The average molecular weight is 262 g/mol. The van der Waals surface area contributed by atoms with Crippen LogP contribution in [0.2, 0.25) is 0 Å². The Morgan fingerprint density at radius 3 is 2.23 bits per heavy atom. The molecular formula is C5H3Cl3N2O2S. The van der Waals surface area contributed by atoms with Crippen LogP contribution in [0, 0.1) is 0 Å². The minimum atomic E-state index is -4.05. The second-order valence-corrected chi connectivity index (χ2v) is 6.98. The van der Waals surface area contributed by atoms with Crippen molar-refractivity contribution in [1.82, 2.24) is 9.97 Å². The standard InChI is InChI=1S/C5H3Cl3N2O2S/c6-5(7,8)13(11,12)4-3-9-1-2-10-4/h1-3H. The van der Waals surface area contributed by atoms with Crippen LogP contribution < -0.4 is 0 Å². The molecule has 0 N–H and O–H groups in total. The number of hydrogen-bond acceptors (Lipinski definition) is 4. The summed E-state index contributed by atoms with van der Waals surface area (Å²) in [7, 11) is -4.05. The first-order valence-electron chi connectivity index (χ1n) is 2.93. The molecule has 4 nitrogen and oxygen atoms in total. The van der Waals surface area contributed by atoms with Crippen LogP contribution in [0.25, 0.3) is 0 Å². The molecule has 0 fully saturated rings. The molecule has 8 heteroatoms. The number of nitrogens with zero attached hydrogens (tertiary/aromatic N) is 2. The molecule has 0 amide bonds. The summed E-state index contributed by atoms with van der Waals surface area (Å²) in [4.78, 5) is 7.06. The van der Waals surface area contributed by atoms with Gasteiger partial charge in [0.1, 0.15) is 0 Å². The summed E-state index contributed by atoms with van der Waals surface area (Å²) < 4.78 is 20.3. The topological polar surface area (TPSA) is 59.9 Å². The Morgan fingerprint density at radius 2 is 1.85 bits per heavy atom. The third kappa shape index (κ3) is 2.22. The number of hydrogen-bond donors (Lipinski definition) is 0. The Kier molecular flexibility index (Phi) is 3.01. The van der Waals surface area contributed by atoms with Gasteiger partial charge in [0.25, 0.3) is 3.12 Å². The molecule has 1 aromatic rings. The zero-order valence-corrected chi connectivity index (χ0v) is 9.07. The normalized spacial score (nSPS) is 12.8. The average Bonchev–Trinajstić information content (AvgIpc) is 2.04. The number of sulfone groups is 1. The van der Waals surface area contributed by atoms with Crippen molar-refractivity contribution in [3.05, 3.63) is 18.6 Å². The number of halogens is 3. The molecule has 0 radical (unpaired) electrons. The van der Waals surface area contributed by atoms with Crippen molar-refractivity contribution in [2.45, 2.75) is 8.15 Å². The van der Waals surface area contributed by atoms with E-state index in [-0.39, 0.29) is 5.03 Å². The number of rotatable bonds is 1. The highest BCUT2D eigenvalue weighted by atomic mass is 35.6. The van der Waals surface area contributed by atoms with Crippen molar-refractivity contribution in [2.24, 2.45) is 0 Å². The second-order valence-electron chi connectivity index (χ2n) is 1.99. The smallest absolute Gasteiger partial charge is 0.260 e. The lowest BCUT2D eigenvalue weighted by atomic mass is 10.8. The first kappa shape index (κ1) is 11.0. The maximum absolute atomic E-state index is 11.4. The molecule has 1 heterocycles. The van der Waals surface area contributed by atoms with Gasteiger partial charge in [-0.1, -0.05) is 34.8 Å². The maximum atomic E-state index is 11.4. The molecule has 0 aliphatic heterocycles. The Hall–Kier alpha value is -0.100. The van der Waals surface area contributed by atoms with Crippen LogP contribution in [0.3, 0.4) is 0 Å². The van der Waals surface area contributed by atoms with Crippen LogP contribution in [0.5, 0.6) is 0 Å². The summed E-state index contributed by atoms with van der Waals surface area (Å²) in [6, 6.07) is 0. The molecule has 0 saturated heterocycles. The van der Waals surface area contributed by atoms with E-state index in [9.17, 15) is 8.42 Å². The van der Waals surface area contributed by atoms with Crippen LogP contribution in [0.4, 0.5) is 0 Å². The molecule has 0 aliphatic carbocycles. The lowest BCUT2D eigenvalue weighted by Crippen LogP contribution is -2.20. The van der Waals surface area contributed by atoms with E-state index in [1.165, 1.54) is 12.4 Å². The van der Waals surface area contributed by atoms with E-state index >= 15 is 0 Å². The molecule has 0 spiro atoms. The van der Waals surface area contributed by atoms with Crippen molar-refractivity contribution in [3.8, 4) is 0 Å². The summed E-state index contributed by atoms with van der Waals surface area (Å²) in [6.45, 7) is 0. The highest BCUT2D eigenvalue weighted by Crippen LogP contribution is 2.36. The van der Waals surface area contributed by atoms with Gasteiger partial charge in [0.05, 0.1) is 6.20 Å². The zero-order valence-electron chi connectivity index (χ0n) is 5.99. The van der Waals surface area contributed by atoms with Crippen LogP contribution in [-0.2, 0) is 9.84 Å². The molecule has 0 unspecified atom stereocenters. The van der Waals surface area contributed by atoms with Gasteiger partial charge in [-0.25, -0.2) is 13.4 Å². The molecular weight excluding hydrogens is 258 g/mol. The largest absolute Gasteiger partial charge is 0.298 e. The van der Waals surface area contributed by atoms with E-state index in [0.29, 0.717) is 0 Å². The van der Waals surface area contributed by atoms with Crippen LogP contribution in [0.1, 0.15) is 0 Å². The molecule has 0 bridgehead atoms. The van der Waals surface area contributed by atoms with Crippen LogP contribution >= 0.6 is 34.8 Å². The van der Waals surface area contributed by atoms with Gasteiger partial charge in [0, 0.05) is 12.4 Å². The van der Waals surface area contributed by atoms with Gasteiger partial charge < -0.3 is 0 Å². The lowest BCUT2D eigenvalue weighted by molar-refractivity contribution is 0.592. The van der Waals surface area contributed by atoms with Crippen molar-refractivity contribution in [2.75, 3.05) is 0 Å². The van der Waals surface area contributed by atoms with Gasteiger partial charge in [0.2, 0.25) is 9.84 Å². The lowest BCUT2D eigenvalue weighted by Gasteiger charge is -2.10. The SMILES string of the molecule is O=S(=O)(c1cnccn1)C(Cl)(Cl)Cl. The predicted octanol–water partition coefficient (Wildman–Crippen LogP) is 1.58. The summed E-state index contributed by atoms with van der Waals surface area (Å²) in [5, 5.41) is -0.366. The fourth-order valence-corrected chi connectivity index (χ4v) is 1.89. The zero-order chi connectivity index (χ0) is 10.1. The van der Waals surface area contributed by atoms with Gasteiger partial charge in [-0.05, 0) is 0 Å². The van der Waals surface area contributed by atoms with Gasteiger partial charge in [-0.3, -0.25) is 4.98 Å². The van der Waals surface area contributed by atoms with Crippen LogP contribution in [0.15, 0.2) is 23.6 Å². The Bertz CT molecular complexity index is 386. The van der Waals surface area contributed by atoms with Crippen molar-refractivity contribution in [3.63, 3.8) is 0 Å². The Morgan fingerprint density at radius 1 is 1.23 bits per heavy atom. The Labute approximate surface area is 89.8 Å². The highest BCUT2D eigenvalue weighted by Gasteiger charge is 2.40. The van der Waals surface area contributed by atoms with Gasteiger partial charge in [-0.15, -0.1) is 0 Å². The van der Waals surface area contributed by atoms with E-state index in [1.54, 1.807) is 0 Å². The van der Waals surface area contributed by atoms with Gasteiger partial charge in [0.15, 0.2) is 5.03 Å². The molecule has 13 heavy (non-hydrogen) atoms. The fourth-order valence-electron chi connectivity index (χ4n) is 0.543. The molecule has 0 aromatic carbocycles. The summed E-state index contributed by atoms with van der Waals surface area (Å²) in [5.74, 6) is 0. The first-order valence-corrected chi connectivity index (χ1v) is 5.55. The van der Waals surface area contributed by atoms with Crippen molar-refractivity contribution >= 4 is 44.6 Å². The van der Waals surface area contributed by atoms with E-state index in [2.05, 4.69) is 9.97 Å². The van der Waals surface area contributed by atoms with E-state index in [0.717, 1.165) is 6.20 Å². The van der Waals surface area contributed by atoms with E-state index in [4.69, 9.17) is 34.8 Å². The summed E-state index contributed by atoms with van der Waals surface area (Å²) in [5.41, 5.74) is 0. The molecule has 1 aromatic heterocycles. The molecule has 72 valence electrons. The summed E-state index contributed by atoms with van der Waals surface area (Å²) >= 11 is 15.7. The van der Waals surface area contributed by atoms with E-state index in [1.807, 2.05) is 0 Å². The third-order valence-electron chi connectivity index (χ3n) is 1.12. The van der Waals surface area contributed by atoms with Crippen LogP contribution in [-0.4, -0.2) is 21.5 Å². The van der Waals surface area contributed by atoms with Gasteiger partial charge >= 0.3 is 0 Å². The minimum absolute atomic E-state index is 0.366. The fraction of sp³-hybridized carbons (Fsp3) is 0.200. The Balaban J connectivity index is 3.26. The second kappa shape index (κ2) is 3.57. The van der Waals surface area contributed by atoms with E-state index < -0.39 is 13.0 Å². The third-order valence-corrected chi connectivity index (χ3v) is 4.32. The summed E-state index contributed by atoms with van der Waals surface area (Å²) in [6.07, 6.45) is 3.53. The predicted molar refractivity (Wildman–Crippen MR) is 49.5 cm³/mol. The number of alkyl halides is 3. The maximum Gasteiger partial charge on any atom is 0.298 e. The molecule has 1 rings (SSSR count). The minimum Gasteiger partial charge on any atom is -0.260 e. The highest BCUT2D eigenvalue weighted by molar-refractivity contribution is 7.97. The molecule has 0 atom stereocenters. The number of aromatic nitrogens is 2. The monoisotopic (exact) mass is 260 g/mol. The quantitative estimate of drug-likeness (QED) is 0.720. The van der Waals surface area contributed by atoms with Crippen molar-refractivity contribution < 1.29 is 8.42 Å². The molecule has 0 aliphatic rings. The first-order chi connectivity index (χ1) is 5.86. The molecule has 0 saturated carbocycles.